The Balaban J connectivity index is 2.53. The van der Waals surface area contributed by atoms with Crippen molar-refractivity contribution in [2.24, 2.45) is 0 Å². The number of benzene rings is 2. The second-order valence-corrected chi connectivity index (χ2v) is 6.40. The number of hydrogen-bond acceptors (Lipinski definition) is 7. The number of phenolic OH excluding ortho intramolecular Hbond substituents is 2. The van der Waals surface area contributed by atoms with Gasteiger partial charge in [0.25, 0.3) is 0 Å². The molecule has 0 saturated carbocycles. The molecule has 0 fully saturated rings. The summed E-state index contributed by atoms with van der Waals surface area (Å²) in [6.07, 6.45) is 0. The summed E-state index contributed by atoms with van der Waals surface area (Å²) >= 11 is 1.39. The van der Waals surface area contributed by atoms with Crippen molar-refractivity contribution in [2.45, 2.75) is 37.5 Å². The normalized spacial score (nSPS) is 10.5. The van der Waals surface area contributed by atoms with Gasteiger partial charge >= 0.3 is 0 Å². The number of phenols is 2. The van der Waals surface area contributed by atoms with Crippen LogP contribution in [0.1, 0.15) is 27.7 Å². The number of aromatic hydroxyl groups is 2. The zero-order valence-corrected chi connectivity index (χ0v) is 16.9. The molecule has 0 atom stereocenters. The van der Waals surface area contributed by atoms with E-state index in [1.165, 1.54) is 11.8 Å². The van der Waals surface area contributed by atoms with Gasteiger partial charge in [0, 0.05) is 0 Å². The van der Waals surface area contributed by atoms with Crippen molar-refractivity contribution in [2.75, 3.05) is 26.4 Å². The van der Waals surface area contributed by atoms with Crippen molar-refractivity contribution in [3.05, 3.63) is 24.3 Å². The van der Waals surface area contributed by atoms with Crippen molar-refractivity contribution in [3.63, 3.8) is 0 Å². The van der Waals surface area contributed by atoms with E-state index in [1.54, 1.807) is 24.3 Å². The Hall–Kier alpha value is -2.41. The predicted octanol–water partition coefficient (Wildman–Crippen LogP) is 4.84. The van der Waals surface area contributed by atoms with Crippen molar-refractivity contribution >= 4 is 11.8 Å². The van der Waals surface area contributed by atoms with Gasteiger partial charge in [-0.05, 0) is 52.0 Å². The highest BCUT2D eigenvalue weighted by molar-refractivity contribution is 7.99. The Morgan fingerprint density at radius 2 is 0.926 bits per heavy atom. The largest absolute Gasteiger partial charge is 0.504 e. The molecule has 0 amide bonds. The molecular formula is C20H26O6S. The van der Waals surface area contributed by atoms with E-state index in [4.69, 9.17) is 18.9 Å². The summed E-state index contributed by atoms with van der Waals surface area (Å²) in [4.78, 5) is 1.51. The molecule has 2 aromatic rings. The van der Waals surface area contributed by atoms with E-state index >= 15 is 0 Å². The number of ether oxygens (including phenoxy) is 4. The Morgan fingerprint density at radius 1 is 0.593 bits per heavy atom. The van der Waals surface area contributed by atoms with Crippen LogP contribution in [0.3, 0.4) is 0 Å². The minimum Gasteiger partial charge on any atom is -0.504 e. The van der Waals surface area contributed by atoms with Gasteiger partial charge in [-0.25, -0.2) is 0 Å². The van der Waals surface area contributed by atoms with Gasteiger partial charge in [-0.1, -0.05) is 11.8 Å². The van der Waals surface area contributed by atoms with Gasteiger partial charge in [-0.2, -0.15) is 0 Å². The summed E-state index contributed by atoms with van der Waals surface area (Å²) in [5.74, 6) is 1.61. The first-order valence-electron chi connectivity index (χ1n) is 8.98. The Morgan fingerprint density at radius 3 is 1.26 bits per heavy atom. The molecule has 27 heavy (non-hydrogen) atoms. The minimum absolute atomic E-state index is 0.0235. The molecule has 0 radical (unpaired) electrons. The molecule has 0 aromatic heterocycles. The van der Waals surface area contributed by atoms with Gasteiger partial charge in [0.1, 0.15) is 0 Å². The molecule has 0 bridgehead atoms. The molecule has 0 unspecified atom stereocenters. The fraction of sp³-hybridized carbons (Fsp3) is 0.400. The average Bonchev–Trinajstić information content (AvgIpc) is 2.65. The van der Waals surface area contributed by atoms with Gasteiger partial charge in [-0.15, -0.1) is 0 Å². The van der Waals surface area contributed by atoms with Crippen molar-refractivity contribution in [1.29, 1.82) is 0 Å². The molecule has 2 rings (SSSR count). The van der Waals surface area contributed by atoms with E-state index in [-0.39, 0.29) is 11.5 Å². The van der Waals surface area contributed by atoms with Gasteiger partial charge in [0.15, 0.2) is 23.0 Å². The maximum absolute atomic E-state index is 10.1. The van der Waals surface area contributed by atoms with Crippen LogP contribution in [0.25, 0.3) is 0 Å². The maximum Gasteiger partial charge on any atom is 0.204 e. The highest BCUT2D eigenvalue weighted by atomic mass is 32.2. The summed E-state index contributed by atoms with van der Waals surface area (Å²) in [6.45, 7) is 9.08. The van der Waals surface area contributed by atoms with Crippen LogP contribution in [-0.2, 0) is 0 Å². The quantitative estimate of drug-likeness (QED) is 0.597. The third-order valence-corrected chi connectivity index (χ3v) is 4.57. The standard InChI is InChI=1S/C20H26O6S/c1-5-23-17-13(21)9-11-15(19(17)25-7-3)27-16-12-10-14(22)18(24-6-2)20(16)26-8-4/h9-12,21-22H,5-8H2,1-4H3. The lowest BCUT2D eigenvalue weighted by molar-refractivity contribution is 0.269. The zero-order chi connectivity index (χ0) is 19.8. The van der Waals surface area contributed by atoms with Gasteiger partial charge in [-0.3, -0.25) is 0 Å². The smallest absolute Gasteiger partial charge is 0.204 e. The highest BCUT2D eigenvalue weighted by Gasteiger charge is 2.21. The van der Waals surface area contributed by atoms with Crippen LogP contribution >= 0.6 is 11.8 Å². The average molecular weight is 394 g/mol. The third-order valence-electron chi connectivity index (χ3n) is 3.49. The first-order valence-corrected chi connectivity index (χ1v) is 9.79. The minimum atomic E-state index is 0.0235. The van der Waals surface area contributed by atoms with Gasteiger partial charge in [0.05, 0.1) is 36.2 Å². The van der Waals surface area contributed by atoms with Crippen LogP contribution in [0, 0.1) is 0 Å². The summed E-state index contributed by atoms with van der Waals surface area (Å²) in [5, 5.41) is 20.3. The topological polar surface area (TPSA) is 77.4 Å². The van der Waals surface area contributed by atoms with E-state index in [1.807, 2.05) is 27.7 Å². The molecule has 2 N–H and O–H groups in total. The summed E-state index contributed by atoms with van der Waals surface area (Å²) in [5.41, 5.74) is 0. The summed E-state index contributed by atoms with van der Waals surface area (Å²) in [7, 11) is 0. The summed E-state index contributed by atoms with van der Waals surface area (Å²) < 4.78 is 22.6. The molecule has 0 spiro atoms. The fourth-order valence-electron chi connectivity index (χ4n) is 2.48. The molecule has 148 valence electrons. The molecule has 0 heterocycles. The monoisotopic (exact) mass is 394 g/mol. The molecule has 6 nitrogen and oxygen atoms in total. The van der Waals surface area contributed by atoms with Crippen LogP contribution < -0.4 is 18.9 Å². The second-order valence-electron chi connectivity index (χ2n) is 5.32. The Kier molecular flexibility index (Phi) is 7.79. The number of rotatable bonds is 10. The van der Waals surface area contributed by atoms with Crippen molar-refractivity contribution < 1.29 is 29.2 Å². The van der Waals surface area contributed by atoms with E-state index in [2.05, 4.69) is 0 Å². The van der Waals surface area contributed by atoms with Crippen LogP contribution in [0.5, 0.6) is 34.5 Å². The third kappa shape index (κ3) is 4.86. The lowest BCUT2D eigenvalue weighted by Gasteiger charge is -2.18. The Labute approximate surface area is 164 Å². The van der Waals surface area contributed by atoms with Crippen LogP contribution in [0.2, 0.25) is 0 Å². The maximum atomic E-state index is 10.1. The SMILES string of the molecule is CCOc1c(O)ccc(Sc2ccc(O)c(OCC)c2OCC)c1OCC. The van der Waals surface area contributed by atoms with Crippen molar-refractivity contribution in [1.82, 2.24) is 0 Å². The lowest BCUT2D eigenvalue weighted by atomic mass is 10.3. The first kappa shape index (κ1) is 20.9. The summed E-state index contributed by atoms with van der Waals surface area (Å²) in [6, 6.07) is 6.66. The van der Waals surface area contributed by atoms with Gasteiger partial charge in [0.2, 0.25) is 11.5 Å². The lowest BCUT2D eigenvalue weighted by Crippen LogP contribution is -2.01. The molecule has 0 aliphatic rings. The van der Waals surface area contributed by atoms with Crippen LogP contribution in [0.4, 0.5) is 0 Å². The fourth-order valence-corrected chi connectivity index (χ4v) is 3.48. The first-order chi connectivity index (χ1) is 13.1. The Bertz CT molecular complexity index is 699. The molecule has 2 aromatic carbocycles. The molecule has 7 heteroatoms. The van der Waals surface area contributed by atoms with E-state index in [0.29, 0.717) is 49.4 Å². The molecular weight excluding hydrogens is 368 g/mol. The second kappa shape index (κ2) is 10.1. The van der Waals surface area contributed by atoms with E-state index in [9.17, 15) is 10.2 Å². The van der Waals surface area contributed by atoms with E-state index < -0.39 is 0 Å². The molecule has 0 saturated heterocycles. The molecule has 0 aliphatic carbocycles. The van der Waals surface area contributed by atoms with Crippen molar-refractivity contribution in [3.8, 4) is 34.5 Å². The predicted molar refractivity (Wildman–Crippen MR) is 105 cm³/mol. The van der Waals surface area contributed by atoms with Crippen LogP contribution in [-0.4, -0.2) is 36.6 Å². The number of hydrogen-bond donors (Lipinski definition) is 2. The zero-order valence-electron chi connectivity index (χ0n) is 16.1. The van der Waals surface area contributed by atoms with Gasteiger partial charge < -0.3 is 29.2 Å². The van der Waals surface area contributed by atoms with E-state index in [0.717, 1.165) is 9.79 Å². The highest BCUT2D eigenvalue weighted by Crippen LogP contribution is 2.50. The molecule has 0 aliphatic heterocycles. The van der Waals surface area contributed by atoms with Crippen LogP contribution in [0.15, 0.2) is 34.1 Å².